The zero-order valence-corrected chi connectivity index (χ0v) is 18.3. The number of methoxy groups -OCH3 is 1. The molecule has 0 bridgehead atoms. The molecule has 0 saturated carbocycles. The Balaban J connectivity index is 1.65. The lowest BCUT2D eigenvalue weighted by Crippen LogP contribution is -2.20. The van der Waals surface area contributed by atoms with Crippen LogP contribution in [-0.2, 0) is 4.84 Å². The molecule has 5 rings (SSSR count). The first-order chi connectivity index (χ1) is 15.1. The number of hydrogen-bond donors (Lipinski definition) is 1. The number of hydrogen-bond acceptors (Lipinski definition) is 4. The molecule has 0 fully saturated rings. The average Bonchev–Trinajstić information content (AvgIpc) is 3.29. The van der Waals surface area contributed by atoms with Gasteiger partial charge in [0, 0.05) is 27.4 Å². The van der Waals surface area contributed by atoms with E-state index in [9.17, 15) is 4.79 Å². The van der Waals surface area contributed by atoms with Crippen LogP contribution in [0.25, 0.3) is 22.0 Å². The highest BCUT2D eigenvalue weighted by molar-refractivity contribution is 9.10. The largest absolute Gasteiger partial charge is 0.497 e. The molecule has 5 nitrogen and oxygen atoms in total. The fraction of sp³-hybridized carbons (Fsp3) is 0.120. The van der Waals surface area contributed by atoms with Gasteiger partial charge in [0.25, 0.3) is 5.56 Å². The molecule has 6 heteroatoms. The molecule has 0 saturated heterocycles. The summed E-state index contributed by atoms with van der Waals surface area (Å²) in [5, 5.41) is 5.29. The van der Waals surface area contributed by atoms with Gasteiger partial charge in [-0.3, -0.25) is 4.79 Å². The second-order valence-electron chi connectivity index (χ2n) is 7.37. The monoisotopic (exact) mass is 474 g/mol. The van der Waals surface area contributed by atoms with Crippen molar-refractivity contribution < 1.29 is 9.57 Å². The molecule has 31 heavy (non-hydrogen) atoms. The Morgan fingerprint density at radius 2 is 1.87 bits per heavy atom. The van der Waals surface area contributed by atoms with Gasteiger partial charge in [0.05, 0.1) is 18.4 Å². The van der Waals surface area contributed by atoms with E-state index in [2.05, 4.69) is 26.1 Å². The Morgan fingerprint density at radius 3 is 2.68 bits per heavy atom. The molecular weight excluding hydrogens is 456 g/mol. The summed E-state index contributed by atoms with van der Waals surface area (Å²) in [5.74, 6) is 0.757. The summed E-state index contributed by atoms with van der Waals surface area (Å²) in [6.07, 6.45) is 0.224. The minimum absolute atomic E-state index is 0.178. The van der Waals surface area contributed by atoms with E-state index < -0.39 is 0 Å². The first-order valence-electron chi connectivity index (χ1n) is 9.92. The molecule has 0 amide bonds. The summed E-state index contributed by atoms with van der Waals surface area (Å²) in [5.41, 5.74) is 4.55. The normalized spacial score (nSPS) is 15.5. The summed E-state index contributed by atoms with van der Waals surface area (Å²) in [6.45, 7) is 0. The number of halogens is 1. The molecule has 0 unspecified atom stereocenters. The van der Waals surface area contributed by atoms with E-state index in [1.807, 2.05) is 72.8 Å². The predicted octanol–water partition coefficient (Wildman–Crippen LogP) is 5.83. The van der Waals surface area contributed by atoms with E-state index >= 15 is 0 Å². The summed E-state index contributed by atoms with van der Waals surface area (Å²) in [4.78, 5) is 22.0. The van der Waals surface area contributed by atoms with E-state index in [1.54, 1.807) is 7.11 Å². The van der Waals surface area contributed by atoms with Crippen molar-refractivity contribution in [1.29, 1.82) is 0 Å². The highest BCUT2D eigenvalue weighted by Gasteiger charge is 2.29. The Morgan fingerprint density at radius 1 is 1.03 bits per heavy atom. The Labute approximate surface area is 187 Å². The molecule has 1 aliphatic rings. The summed E-state index contributed by atoms with van der Waals surface area (Å²) < 4.78 is 6.27. The van der Waals surface area contributed by atoms with Crippen LogP contribution in [0, 0.1) is 0 Å². The molecule has 1 aromatic heterocycles. The molecule has 1 aliphatic heterocycles. The van der Waals surface area contributed by atoms with Gasteiger partial charge < -0.3 is 14.6 Å². The zero-order chi connectivity index (χ0) is 21.4. The van der Waals surface area contributed by atoms with E-state index in [4.69, 9.17) is 9.57 Å². The fourth-order valence-corrected chi connectivity index (χ4v) is 4.35. The summed E-state index contributed by atoms with van der Waals surface area (Å²) >= 11 is 3.56. The van der Waals surface area contributed by atoms with Crippen LogP contribution in [0.2, 0.25) is 0 Å². The topological polar surface area (TPSA) is 63.7 Å². The third-order valence-corrected chi connectivity index (χ3v) is 5.95. The molecule has 4 aromatic rings. The van der Waals surface area contributed by atoms with Crippen molar-refractivity contribution in [3.63, 3.8) is 0 Å². The minimum atomic E-state index is -0.272. The van der Waals surface area contributed by atoms with Crippen LogP contribution in [0.15, 0.2) is 87.2 Å². The number of oxime groups is 1. The molecule has 0 aliphatic carbocycles. The number of H-pyrrole nitrogens is 1. The van der Waals surface area contributed by atoms with Crippen LogP contribution in [0.5, 0.6) is 5.75 Å². The molecular formula is C25H19BrN2O3. The first kappa shape index (κ1) is 19.6. The number of fused-ring (bicyclic) bond motifs is 1. The van der Waals surface area contributed by atoms with E-state index in [1.165, 1.54) is 0 Å². The molecule has 154 valence electrons. The lowest BCUT2D eigenvalue weighted by Gasteiger charge is -2.13. The van der Waals surface area contributed by atoms with Crippen molar-refractivity contribution in [2.45, 2.75) is 12.5 Å². The highest BCUT2D eigenvalue weighted by atomic mass is 79.9. The van der Waals surface area contributed by atoms with Crippen LogP contribution < -0.4 is 10.3 Å². The SMILES string of the molecule is COc1cccc([C@@H]2CC(c3c(-c4ccccc4)c4cc(Br)ccc4[nH]c3=O)=NO2)c1. The maximum absolute atomic E-state index is 13.2. The minimum Gasteiger partial charge on any atom is -0.497 e. The number of ether oxygens (including phenoxy) is 1. The van der Waals surface area contributed by atoms with Gasteiger partial charge in [-0.1, -0.05) is 63.6 Å². The van der Waals surface area contributed by atoms with Gasteiger partial charge >= 0.3 is 0 Å². The number of benzene rings is 3. The maximum atomic E-state index is 13.2. The van der Waals surface area contributed by atoms with Crippen LogP contribution in [-0.4, -0.2) is 17.8 Å². The van der Waals surface area contributed by atoms with Crippen molar-refractivity contribution in [3.8, 4) is 16.9 Å². The van der Waals surface area contributed by atoms with Crippen molar-refractivity contribution in [2.75, 3.05) is 7.11 Å². The number of aromatic nitrogens is 1. The smallest absolute Gasteiger partial charge is 0.258 e. The quantitative estimate of drug-likeness (QED) is 0.404. The zero-order valence-electron chi connectivity index (χ0n) is 16.8. The van der Waals surface area contributed by atoms with Crippen LogP contribution >= 0.6 is 15.9 Å². The van der Waals surface area contributed by atoms with Gasteiger partial charge in [0.1, 0.15) is 5.75 Å². The number of nitrogens with zero attached hydrogens (tertiary/aromatic N) is 1. The van der Waals surface area contributed by atoms with E-state index in [0.717, 1.165) is 37.8 Å². The van der Waals surface area contributed by atoms with Gasteiger partial charge in [-0.15, -0.1) is 0 Å². The lowest BCUT2D eigenvalue weighted by atomic mass is 9.91. The second kappa shape index (κ2) is 8.04. The van der Waals surface area contributed by atoms with Crippen LogP contribution in [0.3, 0.4) is 0 Å². The molecule has 0 spiro atoms. The lowest BCUT2D eigenvalue weighted by molar-refractivity contribution is 0.0855. The Kier molecular flexibility index (Phi) is 5.08. The molecule has 1 atom stereocenters. The Hall–Kier alpha value is -3.38. The van der Waals surface area contributed by atoms with Gasteiger partial charge in [-0.05, 0) is 41.5 Å². The van der Waals surface area contributed by atoms with Crippen molar-refractivity contribution in [1.82, 2.24) is 4.98 Å². The van der Waals surface area contributed by atoms with Crippen LogP contribution in [0.4, 0.5) is 0 Å². The van der Waals surface area contributed by atoms with Gasteiger partial charge in [-0.2, -0.15) is 0 Å². The first-order valence-corrected chi connectivity index (χ1v) is 10.7. The van der Waals surface area contributed by atoms with Crippen molar-refractivity contribution in [3.05, 3.63) is 98.7 Å². The molecule has 1 N–H and O–H groups in total. The second-order valence-corrected chi connectivity index (χ2v) is 8.29. The predicted molar refractivity (Wildman–Crippen MR) is 126 cm³/mol. The average molecular weight is 475 g/mol. The number of aromatic amines is 1. The van der Waals surface area contributed by atoms with Gasteiger partial charge in [0.15, 0.2) is 6.10 Å². The summed E-state index contributed by atoms with van der Waals surface area (Å²) in [7, 11) is 1.63. The van der Waals surface area contributed by atoms with Crippen molar-refractivity contribution >= 4 is 32.5 Å². The third-order valence-electron chi connectivity index (χ3n) is 5.46. The number of pyridine rings is 1. The maximum Gasteiger partial charge on any atom is 0.258 e. The van der Waals surface area contributed by atoms with Gasteiger partial charge in [0.2, 0.25) is 0 Å². The van der Waals surface area contributed by atoms with E-state index in [-0.39, 0.29) is 11.7 Å². The van der Waals surface area contributed by atoms with Gasteiger partial charge in [-0.25, -0.2) is 0 Å². The number of nitrogens with one attached hydrogen (secondary N) is 1. The van der Waals surface area contributed by atoms with Crippen LogP contribution in [0.1, 0.15) is 23.7 Å². The highest BCUT2D eigenvalue weighted by Crippen LogP contribution is 2.36. The van der Waals surface area contributed by atoms with E-state index in [0.29, 0.717) is 17.7 Å². The van der Waals surface area contributed by atoms with Crippen molar-refractivity contribution in [2.24, 2.45) is 5.16 Å². The third kappa shape index (κ3) is 3.64. The Bertz CT molecular complexity index is 1360. The fourth-order valence-electron chi connectivity index (χ4n) is 3.99. The molecule has 2 heterocycles. The molecule has 3 aromatic carbocycles. The standard InChI is InChI=1S/C25H19BrN2O3/c1-30-18-9-5-8-16(12-18)22-14-21(28-31-22)24-23(15-6-3-2-4-7-15)19-13-17(26)10-11-20(19)27-25(24)29/h2-13,22H,14H2,1H3,(H,27,29)/t22-/m0/s1. The number of rotatable bonds is 4. The summed E-state index contributed by atoms with van der Waals surface area (Å²) in [6, 6.07) is 23.5. The molecule has 0 radical (unpaired) electrons.